The van der Waals surface area contributed by atoms with Gasteiger partial charge in [-0.2, -0.15) is 0 Å². The molecule has 106 valence electrons. The lowest BCUT2D eigenvalue weighted by molar-refractivity contribution is -0.0262. The fraction of sp³-hybridized carbons (Fsp3) is 0.571. The molecule has 1 fully saturated rings. The molecule has 0 aromatic heterocycles. The summed E-state index contributed by atoms with van der Waals surface area (Å²) in [4.78, 5) is 2.33. The Morgan fingerprint density at radius 1 is 1.37 bits per heavy atom. The summed E-state index contributed by atoms with van der Waals surface area (Å²) in [5, 5.41) is 0. The van der Waals surface area contributed by atoms with E-state index in [9.17, 15) is 0 Å². The highest BCUT2D eigenvalue weighted by Gasteiger charge is 2.20. The van der Waals surface area contributed by atoms with E-state index >= 15 is 0 Å². The highest BCUT2D eigenvalue weighted by atomic mass is 16.5. The molecule has 1 aromatic carbocycles. The number of rotatable bonds is 5. The van der Waals surface area contributed by atoms with Crippen LogP contribution in [0.1, 0.15) is 5.56 Å². The summed E-state index contributed by atoms with van der Waals surface area (Å²) in [7, 11) is 3.36. The van der Waals surface area contributed by atoms with Crippen molar-refractivity contribution >= 4 is 0 Å². The number of hydrogen-bond acceptors (Lipinski definition) is 5. The first-order valence-corrected chi connectivity index (χ1v) is 6.51. The molecule has 2 rings (SSSR count). The van der Waals surface area contributed by atoms with Gasteiger partial charge in [-0.15, -0.1) is 0 Å². The van der Waals surface area contributed by atoms with Crippen molar-refractivity contribution in [2.75, 3.05) is 40.5 Å². The fourth-order valence-electron chi connectivity index (χ4n) is 2.31. The van der Waals surface area contributed by atoms with Gasteiger partial charge in [0.15, 0.2) is 0 Å². The minimum Gasteiger partial charge on any atom is -0.497 e. The van der Waals surface area contributed by atoms with Crippen LogP contribution in [0.15, 0.2) is 18.2 Å². The summed E-state index contributed by atoms with van der Waals surface area (Å²) >= 11 is 0. The van der Waals surface area contributed by atoms with Crippen molar-refractivity contribution in [3.63, 3.8) is 0 Å². The van der Waals surface area contributed by atoms with Crippen molar-refractivity contribution in [1.29, 1.82) is 0 Å². The van der Waals surface area contributed by atoms with Crippen molar-refractivity contribution in [2.24, 2.45) is 5.73 Å². The van der Waals surface area contributed by atoms with Crippen LogP contribution < -0.4 is 15.2 Å². The number of ether oxygens (including phenoxy) is 3. The van der Waals surface area contributed by atoms with Crippen LogP contribution in [0.2, 0.25) is 0 Å². The fourth-order valence-corrected chi connectivity index (χ4v) is 2.31. The van der Waals surface area contributed by atoms with Crippen LogP contribution >= 0.6 is 0 Å². The monoisotopic (exact) mass is 266 g/mol. The Kier molecular flexibility index (Phi) is 5.01. The molecular weight excluding hydrogens is 244 g/mol. The maximum absolute atomic E-state index is 5.66. The molecule has 1 atom stereocenters. The first-order chi connectivity index (χ1) is 9.26. The third kappa shape index (κ3) is 3.59. The zero-order valence-electron chi connectivity index (χ0n) is 11.6. The van der Waals surface area contributed by atoms with E-state index in [-0.39, 0.29) is 6.10 Å². The quantitative estimate of drug-likeness (QED) is 0.857. The molecule has 0 aliphatic carbocycles. The number of morpholine rings is 1. The summed E-state index contributed by atoms with van der Waals surface area (Å²) in [6.45, 7) is 3.88. The van der Waals surface area contributed by atoms with Gasteiger partial charge in [-0.3, -0.25) is 4.90 Å². The van der Waals surface area contributed by atoms with Crippen LogP contribution in [0.4, 0.5) is 0 Å². The highest BCUT2D eigenvalue weighted by molar-refractivity contribution is 5.40. The molecule has 19 heavy (non-hydrogen) atoms. The number of benzene rings is 1. The molecule has 1 saturated heterocycles. The molecule has 1 aliphatic heterocycles. The zero-order valence-corrected chi connectivity index (χ0v) is 11.6. The maximum Gasteiger partial charge on any atom is 0.123 e. The zero-order chi connectivity index (χ0) is 13.7. The summed E-state index contributed by atoms with van der Waals surface area (Å²) in [6.07, 6.45) is 0.130. The first-order valence-electron chi connectivity index (χ1n) is 6.51. The molecule has 0 amide bonds. The van der Waals surface area contributed by atoms with Gasteiger partial charge in [0, 0.05) is 31.7 Å². The standard InChI is InChI=1S/C14H22N2O3/c1-17-12-3-4-14(18-2)11(7-12)9-16-5-6-19-13(8-15)10-16/h3-4,7,13H,5-6,8-10,15H2,1-2H3. The maximum atomic E-state index is 5.66. The van der Waals surface area contributed by atoms with Crippen molar-refractivity contribution in [3.8, 4) is 11.5 Å². The van der Waals surface area contributed by atoms with Gasteiger partial charge in [-0.1, -0.05) is 0 Å². The SMILES string of the molecule is COc1ccc(OC)c(CN2CCOC(CN)C2)c1. The minimum atomic E-state index is 0.130. The lowest BCUT2D eigenvalue weighted by atomic mass is 10.1. The lowest BCUT2D eigenvalue weighted by Gasteiger charge is -2.32. The Bertz CT molecular complexity index is 412. The van der Waals surface area contributed by atoms with Gasteiger partial charge in [0.2, 0.25) is 0 Å². The van der Waals surface area contributed by atoms with E-state index in [0.717, 1.165) is 43.3 Å². The van der Waals surface area contributed by atoms with Crippen LogP contribution in [-0.2, 0) is 11.3 Å². The summed E-state index contributed by atoms with van der Waals surface area (Å²) in [6, 6.07) is 5.87. The van der Waals surface area contributed by atoms with Crippen LogP contribution in [0.5, 0.6) is 11.5 Å². The second-order valence-electron chi connectivity index (χ2n) is 4.64. The average Bonchev–Trinajstić information content (AvgIpc) is 2.47. The molecule has 1 heterocycles. The van der Waals surface area contributed by atoms with Gasteiger partial charge in [0.25, 0.3) is 0 Å². The number of nitrogens with two attached hydrogens (primary N) is 1. The molecule has 0 bridgehead atoms. The van der Waals surface area contributed by atoms with Gasteiger partial charge >= 0.3 is 0 Å². The normalized spacial score (nSPS) is 20.3. The van der Waals surface area contributed by atoms with Crippen LogP contribution in [-0.4, -0.2) is 51.5 Å². The van der Waals surface area contributed by atoms with Crippen molar-refractivity contribution in [3.05, 3.63) is 23.8 Å². The highest BCUT2D eigenvalue weighted by Crippen LogP contribution is 2.25. The molecule has 5 heteroatoms. The van der Waals surface area contributed by atoms with Crippen molar-refractivity contribution in [2.45, 2.75) is 12.6 Å². The first kappa shape index (κ1) is 14.1. The van der Waals surface area contributed by atoms with Crippen molar-refractivity contribution in [1.82, 2.24) is 4.90 Å². The van der Waals surface area contributed by atoms with Crippen molar-refractivity contribution < 1.29 is 14.2 Å². The molecule has 1 aromatic rings. The summed E-state index contributed by atoms with van der Waals surface area (Å²) in [5.41, 5.74) is 6.79. The third-order valence-electron chi connectivity index (χ3n) is 3.37. The minimum absolute atomic E-state index is 0.130. The van der Waals surface area contributed by atoms with Crippen LogP contribution in [0.25, 0.3) is 0 Å². The van der Waals surface area contributed by atoms with E-state index < -0.39 is 0 Å². The van der Waals surface area contributed by atoms with Gasteiger partial charge in [0.1, 0.15) is 11.5 Å². The third-order valence-corrected chi connectivity index (χ3v) is 3.37. The number of methoxy groups -OCH3 is 2. The van der Waals surface area contributed by atoms with E-state index in [1.54, 1.807) is 14.2 Å². The molecular formula is C14H22N2O3. The van der Waals surface area contributed by atoms with E-state index in [0.29, 0.717) is 6.54 Å². The smallest absolute Gasteiger partial charge is 0.123 e. The number of hydrogen-bond donors (Lipinski definition) is 1. The Morgan fingerprint density at radius 3 is 2.89 bits per heavy atom. The molecule has 0 spiro atoms. The Labute approximate surface area is 114 Å². The van der Waals surface area contributed by atoms with E-state index in [1.807, 2.05) is 18.2 Å². The van der Waals surface area contributed by atoms with Gasteiger partial charge in [-0.05, 0) is 18.2 Å². The topological polar surface area (TPSA) is 57.0 Å². The van der Waals surface area contributed by atoms with Gasteiger partial charge in [-0.25, -0.2) is 0 Å². The molecule has 1 aliphatic rings. The average molecular weight is 266 g/mol. The lowest BCUT2D eigenvalue weighted by Crippen LogP contribution is -2.45. The Hall–Kier alpha value is -1.30. The van der Waals surface area contributed by atoms with Crippen LogP contribution in [0, 0.1) is 0 Å². The largest absolute Gasteiger partial charge is 0.497 e. The summed E-state index contributed by atoms with van der Waals surface area (Å²) < 4.78 is 16.2. The predicted octanol–water partition coefficient (Wildman–Crippen LogP) is 0.863. The van der Waals surface area contributed by atoms with Gasteiger partial charge in [0.05, 0.1) is 26.9 Å². The van der Waals surface area contributed by atoms with Crippen LogP contribution in [0.3, 0.4) is 0 Å². The molecule has 2 N–H and O–H groups in total. The second kappa shape index (κ2) is 6.75. The molecule has 1 unspecified atom stereocenters. The molecule has 0 radical (unpaired) electrons. The van der Waals surface area contributed by atoms with E-state index in [2.05, 4.69) is 4.90 Å². The summed E-state index contributed by atoms with van der Waals surface area (Å²) in [5.74, 6) is 1.73. The predicted molar refractivity (Wildman–Crippen MR) is 73.6 cm³/mol. The van der Waals surface area contributed by atoms with E-state index in [1.165, 1.54) is 0 Å². The van der Waals surface area contributed by atoms with Gasteiger partial charge < -0.3 is 19.9 Å². The molecule has 5 nitrogen and oxygen atoms in total. The Balaban J connectivity index is 2.08. The molecule has 0 saturated carbocycles. The number of nitrogens with zero attached hydrogens (tertiary/aromatic N) is 1. The second-order valence-corrected chi connectivity index (χ2v) is 4.64. The van der Waals surface area contributed by atoms with E-state index in [4.69, 9.17) is 19.9 Å². The Morgan fingerprint density at radius 2 is 2.21 bits per heavy atom.